The average molecular weight is 601 g/mol. The quantitative estimate of drug-likeness (QED) is 0.0716. The molecule has 21 nitrogen and oxygen atoms in total. The summed E-state index contributed by atoms with van der Waals surface area (Å²) in [6.45, 7) is 0.579. The topological polar surface area (TPSA) is 296 Å². The number of ether oxygens (including phenoxy) is 1. The molecule has 0 aliphatic carbocycles. The number of pyridine rings is 1. The molecule has 0 spiro atoms. The van der Waals surface area contributed by atoms with Crippen molar-refractivity contribution in [2.24, 2.45) is 10.2 Å². The Morgan fingerprint density at radius 2 is 1.87 bits per heavy atom. The number of nitrogens with zero attached hydrogens (tertiary/aromatic N) is 8. The summed E-state index contributed by atoms with van der Waals surface area (Å²) in [6.07, 6.45) is -5.20. The lowest BCUT2D eigenvalue weighted by atomic mass is 10.1. The van der Waals surface area contributed by atoms with Gasteiger partial charge in [0.1, 0.15) is 24.0 Å². The SMILES string of the molecule is CC1=NN(C)c2ccnc3c2n1c(N=[N+]=[N-])[n+]3C1OC(COP(=O)(O)OP(=O)(O)OP(=O)(O)O)C(O)C1O. The lowest BCUT2D eigenvalue weighted by Gasteiger charge is -2.18. The largest absolute Gasteiger partial charge is 0.490 e. The van der Waals surface area contributed by atoms with E-state index < -0.39 is 54.6 Å². The number of imidazole rings is 1. The molecule has 38 heavy (non-hydrogen) atoms. The van der Waals surface area contributed by atoms with Crippen LogP contribution in [0.1, 0.15) is 13.2 Å². The number of phosphoric ester groups is 1. The zero-order valence-electron chi connectivity index (χ0n) is 19.1. The van der Waals surface area contributed by atoms with E-state index in [9.17, 15) is 39.2 Å². The van der Waals surface area contributed by atoms with Gasteiger partial charge in [0.2, 0.25) is 6.23 Å². The molecule has 2 aromatic rings. The number of aliphatic hydroxyl groups is 2. The van der Waals surface area contributed by atoms with Crippen molar-refractivity contribution in [1.82, 2.24) is 9.55 Å². The predicted molar refractivity (Wildman–Crippen MR) is 121 cm³/mol. The fourth-order valence-corrected chi connectivity index (χ4v) is 6.96. The number of hydrazone groups is 1. The van der Waals surface area contributed by atoms with Gasteiger partial charge in [-0.15, -0.1) is 10.1 Å². The van der Waals surface area contributed by atoms with Crippen LogP contribution in [0.25, 0.3) is 21.6 Å². The van der Waals surface area contributed by atoms with Crippen molar-refractivity contribution in [3.63, 3.8) is 0 Å². The van der Waals surface area contributed by atoms with Crippen molar-refractivity contribution < 1.29 is 65.9 Å². The van der Waals surface area contributed by atoms with Gasteiger partial charge in [0.25, 0.3) is 10.8 Å². The van der Waals surface area contributed by atoms with Crippen LogP contribution in [0, 0.1) is 0 Å². The van der Waals surface area contributed by atoms with E-state index in [2.05, 4.69) is 33.3 Å². The lowest BCUT2D eigenvalue weighted by Crippen LogP contribution is -2.46. The molecule has 0 radical (unpaired) electrons. The van der Waals surface area contributed by atoms with Crippen LogP contribution in [0.3, 0.4) is 0 Å². The lowest BCUT2D eigenvalue weighted by molar-refractivity contribution is -0.734. The number of hydrogen-bond acceptors (Lipinski definition) is 13. The Balaban J connectivity index is 1.63. The van der Waals surface area contributed by atoms with E-state index in [0.29, 0.717) is 17.0 Å². The Bertz CT molecular complexity index is 1500. The fourth-order valence-electron chi connectivity index (χ4n) is 3.93. The molecule has 6 atom stereocenters. The first-order chi connectivity index (χ1) is 17.6. The van der Waals surface area contributed by atoms with Crippen LogP contribution in [-0.2, 0) is 31.6 Å². The standard InChI is InChI=1S/C14H19N8O13P3/c1-6-18-20(2)7-3-4-16-12-9(7)21(6)14(17-19-15)22(12)13-11(24)10(23)8(33-13)5-32-37(28,29)35-38(30,31)34-36(25,26)27/h3-4,8,10-11,13,23-24H,5H2,1-2H3,(H3-,25,26,27,28,29,30,31)/p+1. The number of azide groups is 1. The third kappa shape index (κ3) is 5.53. The molecule has 1 fully saturated rings. The highest BCUT2D eigenvalue weighted by atomic mass is 31.3. The minimum Gasteiger partial charge on any atom is -0.387 e. The van der Waals surface area contributed by atoms with Gasteiger partial charge >= 0.3 is 29.4 Å². The van der Waals surface area contributed by atoms with Gasteiger partial charge in [0.05, 0.1) is 12.8 Å². The van der Waals surface area contributed by atoms with Crippen LogP contribution in [0.2, 0.25) is 0 Å². The predicted octanol–water partition coefficient (Wildman–Crippen LogP) is -0.141. The van der Waals surface area contributed by atoms with Crippen molar-refractivity contribution in [3.05, 3.63) is 22.7 Å². The van der Waals surface area contributed by atoms with E-state index in [1.165, 1.54) is 20.3 Å². The third-order valence-electron chi connectivity index (χ3n) is 5.26. The number of phosphoric acid groups is 3. The molecule has 0 amide bonds. The maximum absolute atomic E-state index is 12.0. The highest BCUT2D eigenvalue weighted by Gasteiger charge is 2.51. The molecule has 6 unspecified atom stereocenters. The first-order valence-corrected chi connectivity index (χ1v) is 14.7. The Kier molecular flexibility index (Phi) is 7.56. The van der Waals surface area contributed by atoms with Gasteiger partial charge < -0.3 is 34.5 Å². The van der Waals surface area contributed by atoms with Crippen molar-refractivity contribution in [3.8, 4) is 0 Å². The Hall–Kier alpha value is -2.31. The minimum atomic E-state index is -5.77. The van der Waals surface area contributed by atoms with Crippen LogP contribution < -0.4 is 9.58 Å². The minimum absolute atomic E-state index is 0.137. The van der Waals surface area contributed by atoms with Gasteiger partial charge in [0, 0.05) is 19.5 Å². The van der Waals surface area contributed by atoms with Crippen LogP contribution in [0.15, 0.2) is 22.5 Å². The van der Waals surface area contributed by atoms with Crippen molar-refractivity contribution in [2.75, 3.05) is 18.7 Å². The second-order valence-electron chi connectivity index (χ2n) is 7.80. The fraction of sp³-hybridized carbons (Fsp3) is 0.500. The van der Waals surface area contributed by atoms with Gasteiger partial charge in [-0.3, -0.25) is 9.53 Å². The van der Waals surface area contributed by atoms with Crippen molar-refractivity contribution >= 4 is 52.1 Å². The summed E-state index contributed by atoms with van der Waals surface area (Å²) in [5.74, 6) is 0.220. The molecule has 4 heterocycles. The summed E-state index contributed by atoms with van der Waals surface area (Å²) in [5.41, 5.74) is 10.3. The van der Waals surface area contributed by atoms with Crippen LogP contribution >= 0.6 is 23.5 Å². The van der Waals surface area contributed by atoms with Crippen LogP contribution in [0.5, 0.6) is 0 Å². The highest BCUT2D eigenvalue weighted by Crippen LogP contribution is 2.66. The summed E-state index contributed by atoms with van der Waals surface area (Å²) in [7, 11) is -15.2. The molecule has 0 saturated carbocycles. The molecule has 2 aliphatic rings. The second kappa shape index (κ2) is 10.0. The highest BCUT2D eigenvalue weighted by molar-refractivity contribution is 7.66. The first kappa shape index (κ1) is 28.7. The molecule has 2 aliphatic heterocycles. The number of anilines is 1. The molecule has 0 aromatic carbocycles. The molecule has 6 N–H and O–H groups in total. The Morgan fingerprint density at radius 3 is 2.50 bits per heavy atom. The molecule has 208 valence electrons. The van der Waals surface area contributed by atoms with Gasteiger partial charge in [0.15, 0.2) is 16.3 Å². The smallest absolute Gasteiger partial charge is 0.387 e. The zero-order chi connectivity index (χ0) is 28.2. The van der Waals surface area contributed by atoms with E-state index in [0.717, 1.165) is 0 Å². The molecule has 24 heteroatoms. The summed E-state index contributed by atoms with van der Waals surface area (Å²) in [6, 6.07) is 1.63. The van der Waals surface area contributed by atoms with E-state index in [1.807, 2.05) is 0 Å². The number of aliphatic hydroxyl groups excluding tert-OH is 2. The maximum atomic E-state index is 12.0. The average Bonchev–Trinajstić information content (AvgIpc) is 3.23. The second-order valence-corrected chi connectivity index (χ2v) is 12.2. The van der Waals surface area contributed by atoms with E-state index in [4.69, 9.17) is 14.5 Å². The van der Waals surface area contributed by atoms with Crippen LogP contribution in [-0.4, -0.2) is 77.1 Å². The normalized spacial score (nSPS) is 26.5. The molecule has 2 aromatic heterocycles. The number of rotatable bonds is 9. The molecular formula is C14H20N8O13P3+. The Morgan fingerprint density at radius 1 is 1.18 bits per heavy atom. The van der Waals surface area contributed by atoms with Gasteiger partial charge in [-0.2, -0.15) is 17.8 Å². The zero-order valence-corrected chi connectivity index (χ0v) is 21.8. The summed E-state index contributed by atoms with van der Waals surface area (Å²) < 4.78 is 54.3. The van der Waals surface area contributed by atoms with Gasteiger partial charge in [-0.1, -0.05) is 0 Å². The van der Waals surface area contributed by atoms with E-state index in [1.54, 1.807) is 20.0 Å². The number of hydrogen-bond donors (Lipinski definition) is 6. The number of aromatic nitrogens is 3. The van der Waals surface area contributed by atoms with Gasteiger partial charge in [-0.05, 0) is 6.07 Å². The van der Waals surface area contributed by atoms with E-state index in [-0.39, 0.29) is 11.6 Å². The summed E-state index contributed by atoms with van der Waals surface area (Å²) in [4.78, 5) is 43.2. The molecule has 4 rings (SSSR count). The maximum Gasteiger partial charge on any atom is 0.490 e. The third-order valence-corrected chi connectivity index (χ3v) is 9.06. The molecule has 1 saturated heterocycles. The summed E-state index contributed by atoms with van der Waals surface area (Å²) in [5, 5.41) is 30.8. The van der Waals surface area contributed by atoms with Crippen LogP contribution in [0.4, 0.5) is 11.6 Å². The van der Waals surface area contributed by atoms with E-state index >= 15 is 0 Å². The summed E-state index contributed by atoms with van der Waals surface area (Å²) >= 11 is 0. The van der Waals surface area contributed by atoms with Gasteiger partial charge in [-0.25, -0.2) is 13.7 Å². The Labute approximate surface area is 211 Å². The van der Waals surface area contributed by atoms with Crippen molar-refractivity contribution in [2.45, 2.75) is 31.5 Å². The van der Waals surface area contributed by atoms with Crippen molar-refractivity contribution in [1.29, 1.82) is 0 Å². The molecule has 0 bridgehead atoms. The molecular weight excluding hydrogens is 581 g/mol. The first-order valence-electron chi connectivity index (χ1n) is 10.1. The monoisotopic (exact) mass is 601 g/mol.